The number of hydrogen-bond donors (Lipinski definition) is 2. The molecule has 110 valence electrons. The predicted molar refractivity (Wildman–Crippen MR) is 80.5 cm³/mol. The van der Waals surface area contributed by atoms with Crippen LogP contribution in [0.3, 0.4) is 0 Å². The molecular weight excluding hydrogens is 324 g/mol. The molecule has 5 nitrogen and oxygen atoms in total. The fraction of sp³-hybridized carbons (Fsp3) is 0.571. The van der Waals surface area contributed by atoms with Crippen molar-refractivity contribution in [1.82, 2.24) is 5.32 Å². The summed E-state index contributed by atoms with van der Waals surface area (Å²) in [5.74, 6) is 0.375. The van der Waals surface area contributed by atoms with Gasteiger partial charge in [0.1, 0.15) is 0 Å². The van der Waals surface area contributed by atoms with Gasteiger partial charge >= 0.3 is 0 Å². The van der Waals surface area contributed by atoms with E-state index >= 15 is 0 Å². The maximum atomic E-state index is 11.0. The van der Waals surface area contributed by atoms with E-state index in [-0.39, 0.29) is 16.7 Å². The SMILES string of the molecule is O=[N+]([O-])c1ccc(Br)cc1CNCC(O)C1CCCC1. The summed E-state index contributed by atoms with van der Waals surface area (Å²) < 4.78 is 0.816. The molecule has 1 aliphatic rings. The average Bonchev–Trinajstić information content (AvgIpc) is 2.92. The van der Waals surface area contributed by atoms with Crippen molar-refractivity contribution in [3.05, 3.63) is 38.3 Å². The van der Waals surface area contributed by atoms with Crippen molar-refractivity contribution < 1.29 is 10.0 Å². The first kappa shape index (κ1) is 15.4. The number of nitrogens with one attached hydrogen (secondary N) is 1. The van der Waals surface area contributed by atoms with Crippen molar-refractivity contribution in [2.24, 2.45) is 5.92 Å². The number of nitro groups is 1. The van der Waals surface area contributed by atoms with Crippen LogP contribution < -0.4 is 5.32 Å². The van der Waals surface area contributed by atoms with Gasteiger partial charge in [0.25, 0.3) is 5.69 Å². The summed E-state index contributed by atoms with van der Waals surface area (Å²) in [6, 6.07) is 4.90. The Morgan fingerprint density at radius 3 is 2.80 bits per heavy atom. The lowest BCUT2D eigenvalue weighted by molar-refractivity contribution is -0.385. The molecule has 0 aromatic heterocycles. The quantitative estimate of drug-likeness (QED) is 0.615. The molecule has 1 unspecified atom stereocenters. The van der Waals surface area contributed by atoms with Crippen molar-refractivity contribution in [2.75, 3.05) is 6.54 Å². The molecule has 1 aliphatic carbocycles. The van der Waals surface area contributed by atoms with Gasteiger partial charge in [0.15, 0.2) is 0 Å². The van der Waals surface area contributed by atoms with Crippen LogP contribution in [0.15, 0.2) is 22.7 Å². The zero-order chi connectivity index (χ0) is 14.5. The molecule has 6 heteroatoms. The number of hydrogen-bond acceptors (Lipinski definition) is 4. The number of benzene rings is 1. The summed E-state index contributed by atoms with van der Waals surface area (Å²) in [7, 11) is 0. The molecule has 0 saturated heterocycles. The highest BCUT2D eigenvalue weighted by atomic mass is 79.9. The monoisotopic (exact) mass is 342 g/mol. The van der Waals surface area contributed by atoms with Crippen LogP contribution in [0.4, 0.5) is 5.69 Å². The Morgan fingerprint density at radius 1 is 1.45 bits per heavy atom. The lowest BCUT2D eigenvalue weighted by atomic mass is 10.0. The van der Waals surface area contributed by atoms with Crippen LogP contribution in [-0.2, 0) is 6.54 Å². The van der Waals surface area contributed by atoms with Gasteiger partial charge in [0.05, 0.1) is 11.0 Å². The Hall–Kier alpha value is -0.980. The summed E-state index contributed by atoms with van der Waals surface area (Å²) in [6.45, 7) is 0.869. The number of aliphatic hydroxyl groups excluding tert-OH is 1. The molecule has 0 spiro atoms. The standard InChI is InChI=1S/C14H19BrN2O3/c15-12-5-6-13(17(19)20)11(7-12)8-16-9-14(18)10-3-1-2-4-10/h5-7,10,14,16,18H,1-4,8-9H2. The second kappa shape index (κ2) is 7.15. The summed E-state index contributed by atoms with van der Waals surface area (Å²) in [6.07, 6.45) is 4.20. The van der Waals surface area contributed by atoms with E-state index in [1.165, 1.54) is 18.9 Å². The molecule has 20 heavy (non-hydrogen) atoms. The first-order chi connectivity index (χ1) is 9.58. The molecule has 1 saturated carbocycles. The molecule has 1 aromatic carbocycles. The average molecular weight is 343 g/mol. The Bertz CT molecular complexity index is 475. The minimum absolute atomic E-state index is 0.107. The van der Waals surface area contributed by atoms with Crippen molar-refractivity contribution in [3.63, 3.8) is 0 Å². The van der Waals surface area contributed by atoms with E-state index in [2.05, 4.69) is 21.2 Å². The molecule has 0 bridgehead atoms. The van der Waals surface area contributed by atoms with Gasteiger partial charge in [-0.05, 0) is 30.9 Å². The molecular formula is C14H19BrN2O3. The van der Waals surface area contributed by atoms with E-state index in [0.717, 1.165) is 17.3 Å². The second-order valence-electron chi connectivity index (χ2n) is 5.27. The molecule has 1 fully saturated rings. The molecule has 0 amide bonds. The van der Waals surface area contributed by atoms with Gasteiger partial charge in [-0.2, -0.15) is 0 Å². The molecule has 0 radical (unpaired) electrons. The summed E-state index contributed by atoms with van der Waals surface area (Å²) >= 11 is 3.32. The van der Waals surface area contributed by atoms with Crippen LogP contribution in [0.25, 0.3) is 0 Å². The van der Waals surface area contributed by atoms with Gasteiger partial charge in [-0.3, -0.25) is 10.1 Å². The van der Waals surface area contributed by atoms with Crippen LogP contribution in [0.5, 0.6) is 0 Å². The van der Waals surface area contributed by atoms with Crippen LogP contribution in [0.1, 0.15) is 31.2 Å². The van der Waals surface area contributed by atoms with E-state index in [0.29, 0.717) is 24.6 Å². The van der Waals surface area contributed by atoms with Crippen LogP contribution in [0, 0.1) is 16.0 Å². The first-order valence-electron chi connectivity index (χ1n) is 6.89. The molecule has 0 aliphatic heterocycles. The Kier molecular flexibility index (Phi) is 5.51. The van der Waals surface area contributed by atoms with E-state index in [1.54, 1.807) is 12.1 Å². The fourth-order valence-corrected chi connectivity index (χ4v) is 3.15. The van der Waals surface area contributed by atoms with Crippen LogP contribution >= 0.6 is 15.9 Å². The highest BCUT2D eigenvalue weighted by Gasteiger charge is 2.23. The number of nitro benzene ring substituents is 1. The lowest BCUT2D eigenvalue weighted by Gasteiger charge is -2.18. The third kappa shape index (κ3) is 4.01. The highest BCUT2D eigenvalue weighted by molar-refractivity contribution is 9.10. The number of nitrogens with zero attached hydrogens (tertiary/aromatic N) is 1. The molecule has 1 aromatic rings. The van der Waals surface area contributed by atoms with E-state index < -0.39 is 0 Å². The number of aliphatic hydroxyl groups is 1. The Morgan fingerprint density at radius 2 is 2.15 bits per heavy atom. The van der Waals surface area contributed by atoms with Gasteiger partial charge < -0.3 is 10.4 Å². The maximum Gasteiger partial charge on any atom is 0.273 e. The Balaban J connectivity index is 1.90. The highest BCUT2D eigenvalue weighted by Crippen LogP contribution is 2.27. The van der Waals surface area contributed by atoms with Crippen LogP contribution in [0.2, 0.25) is 0 Å². The normalized spacial score (nSPS) is 17.3. The Labute approximate surface area is 126 Å². The molecule has 0 heterocycles. The summed E-state index contributed by atoms with van der Waals surface area (Å²) in [4.78, 5) is 10.6. The maximum absolute atomic E-state index is 11.0. The van der Waals surface area contributed by atoms with Crippen molar-refractivity contribution >= 4 is 21.6 Å². The van der Waals surface area contributed by atoms with E-state index in [1.807, 2.05) is 0 Å². The van der Waals surface area contributed by atoms with Gasteiger partial charge in [-0.15, -0.1) is 0 Å². The smallest absolute Gasteiger partial charge is 0.273 e. The molecule has 1 atom stereocenters. The van der Waals surface area contributed by atoms with Crippen LogP contribution in [-0.4, -0.2) is 22.7 Å². The molecule has 2 N–H and O–H groups in total. The van der Waals surface area contributed by atoms with Crippen molar-refractivity contribution in [3.8, 4) is 0 Å². The number of halogens is 1. The van der Waals surface area contributed by atoms with E-state index in [9.17, 15) is 15.2 Å². The van der Waals surface area contributed by atoms with E-state index in [4.69, 9.17) is 0 Å². The molecule has 2 rings (SSSR count). The van der Waals surface area contributed by atoms with Gasteiger partial charge in [0, 0.05) is 29.2 Å². The minimum Gasteiger partial charge on any atom is -0.392 e. The lowest BCUT2D eigenvalue weighted by Crippen LogP contribution is -2.31. The van der Waals surface area contributed by atoms with Gasteiger partial charge in [0.2, 0.25) is 0 Å². The summed E-state index contributed by atoms with van der Waals surface area (Å²) in [5.41, 5.74) is 0.735. The van der Waals surface area contributed by atoms with Gasteiger partial charge in [-0.25, -0.2) is 0 Å². The zero-order valence-corrected chi connectivity index (χ0v) is 12.8. The third-order valence-electron chi connectivity index (χ3n) is 3.85. The largest absolute Gasteiger partial charge is 0.392 e. The minimum atomic E-state index is -0.378. The second-order valence-corrected chi connectivity index (χ2v) is 6.19. The zero-order valence-electron chi connectivity index (χ0n) is 11.2. The fourth-order valence-electron chi connectivity index (χ4n) is 2.74. The van der Waals surface area contributed by atoms with Gasteiger partial charge in [-0.1, -0.05) is 28.8 Å². The topological polar surface area (TPSA) is 75.4 Å². The third-order valence-corrected chi connectivity index (χ3v) is 4.34. The number of rotatable bonds is 6. The first-order valence-corrected chi connectivity index (χ1v) is 7.69. The summed E-state index contributed by atoms with van der Waals surface area (Å²) in [5, 5.41) is 24.1. The van der Waals surface area contributed by atoms with Crippen molar-refractivity contribution in [2.45, 2.75) is 38.3 Å². The predicted octanol–water partition coefficient (Wildman–Crippen LogP) is 3.00. The van der Waals surface area contributed by atoms with Crippen molar-refractivity contribution in [1.29, 1.82) is 0 Å².